The molecule has 0 aromatic rings. The molecule has 0 rings (SSSR count). The summed E-state index contributed by atoms with van der Waals surface area (Å²) in [5.41, 5.74) is 0. The molecule has 0 aliphatic carbocycles. The standard InChI is InChI=1S/C12H25NO7Si/c1-13(2,10(12(16)17)9-11(14)15)7-6-8-21(18-3,19-4)20-5/h10H,6-9H2,1-5H3,(H-,14,15,16,17)/p+1/t10-/m0/s1. The van der Waals surface area contributed by atoms with Gasteiger partial charge < -0.3 is 28.0 Å². The van der Waals surface area contributed by atoms with E-state index in [1.165, 1.54) is 21.3 Å². The minimum absolute atomic E-state index is 0.0727. The number of hydrogen-bond donors (Lipinski definition) is 2. The van der Waals surface area contributed by atoms with E-state index in [2.05, 4.69) is 0 Å². The Balaban J connectivity index is 4.71. The average molecular weight is 324 g/mol. The first-order valence-corrected chi connectivity index (χ1v) is 8.50. The fourth-order valence-corrected chi connectivity index (χ4v) is 3.92. The minimum atomic E-state index is -2.68. The third-order valence-corrected chi connectivity index (χ3v) is 6.48. The van der Waals surface area contributed by atoms with Crippen LogP contribution in [0.1, 0.15) is 12.8 Å². The molecule has 0 saturated carbocycles. The van der Waals surface area contributed by atoms with E-state index in [0.717, 1.165) is 0 Å². The van der Waals surface area contributed by atoms with Crippen LogP contribution in [-0.2, 0) is 22.9 Å². The van der Waals surface area contributed by atoms with Crippen LogP contribution >= 0.6 is 0 Å². The lowest BCUT2D eigenvalue weighted by Crippen LogP contribution is -2.55. The number of hydrogen-bond acceptors (Lipinski definition) is 5. The van der Waals surface area contributed by atoms with Gasteiger partial charge in [-0.1, -0.05) is 0 Å². The number of nitrogens with zero attached hydrogens (tertiary/aromatic N) is 1. The van der Waals surface area contributed by atoms with Crippen molar-refractivity contribution in [3.63, 3.8) is 0 Å². The van der Waals surface area contributed by atoms with E-state index in [-0.39, 0.29) is 4.48 Å². The van der Waals surface area contributed by atoms with Crippen LogP contribution in [0.25, 0.3) is 0 Å². The molecule has 124 valence electrons. The van der Waals surface area contributed by atoms with Gasteiger partial charge >= 0.3 is 20.7 Å². The zero-order chi connectivity index (χ0) is 16.7. The molecule has 0 fully saturated rings. The summed E-state index contributed by atoms with van der Waals surface area (Å²) >= 11 is 0. The molecule has 0 radical (unpaired) electrons. The lowest BCUT2D eigenvalue weighted by atomic mass is 10.1. The zero-order valence-corrected chi connectivity index (χ0v) is 14.3. The van der Waals surface area contributed by atoms with E-state index >= 15 is 0 Å². The SMILES string of the molecule is CO[Si](CCC[N+](C)(C)[C@@H](CC(=O)O)C(=O)O)(OC)OC. The van der Waals surface area contributed by atoms with E-state index in [9.17, 15) is 14.7 Å². The maximum atomic E-state index is 11.3. The molecule has 2 N–H and O–H groups in total. The van der Waals surface area contributed by atoms with Crippen molar-refractivity contribution in [3.8, 4) is 0 Å². The second-order valence-corrected chi connectivity index (χ2v) is 8.44. The predicted molar refractivity (Wildman–Crippen MR) is 76.9 cm³/mol. The van der Waals surface area contributed by atoms with E-state index in [4.69, 9.17) is 18.4 Å². The van der Waals surface area contributed by atoms with Gasteiger partial charge in [0.05, 0.1) is 20.6 Å². The van der Waals surface area contributed by atoms with E-state index in [1.807, 2.05) is 0 Å². The Morgan fingerprint density at radius 2 is 1.57 bits per heavy atom. The molecule has 21 heavy (non-hydrogen) atoms. The second kappa shape index (κ2) is 8.44. The van der Waals surface area contributed by atoms with Gasteiger partial charge in [-0.15, -0.1) is 0 Å². The van der Waals surface area contributed by atoms with Crippen molar-refractivity contribution in [1.82, 2.24) is 0 Å². The molecular formula is C12H26NO7Si+. The molecule has 0 aromatic carbocycles. The van der Waals surface area contributed by atoms with Crippen LogP contribution in [0.4, 0.5) is 0 Å². The fraction of sp³-hybridized carbons (Fsp3) is 0.833. The number of quaternary nitrogens is 1. The molecule has 0 spiro atoms. The highest BCUT2D eigenvalue weighted by Gasteiger charge is 2.40. The van der Waals surface area contributed by atoms with Crippen molar-refractivity contribution >= 4 is 20.7 Å². The highest BCUT2D eigenvalue weighted by atomic mass is 28.4. The van der Waals surface area contributed by atoms with Gasteiger partial charge in [0.2, 0.25) is 0 Å². The number of carbonyl (C=O) groups is 2. The largest absolute Gasteiger partial charge is 0.500 e. The molecule has 1 atom stereocenters. The first kappa shape index (κ1) is 20.0. The minimum Gasteiger partial charge on any atom is -0.481 e. The van der Waals surface area contributed by atoms with Gasteiger partial charge in [-0.2, -0.15) is 0 Å². The van der Waals surface area contributed by atoms with Gasteiger partial charge in [0.15, 0.2) is 6.04 Å². The summed E-state index contributed by atoms with van der Waals surface area (Å²) in [5, 5.41) is 18.0. The molecule has 0 heterocycles. The number of aliphatic carboxylic acids is 2. The highest BCUT2D eigenvalue weighted by molar-refractivity contribution is 6.60. The molecule has 8 nitrogen and oxygen atoms in total. The van der Waals surface area contributed by atoms with Crippen molar-refractivity contribution < 1.29 is 37.6 Å². The first-order chi connectivity index (χ1) is 9.64. The third-order valence-electron chi connectivity index (χ3n) is 3.65. The van der Waals surface area contributed by atoms with Gasteiger partial charge in [0, 0.05) is 33.8 Å². The Kier molecular flexibility index (Phi) is 8.04. The van der Waals surface area contributed by atoms with Crippen molar-refractivity contribution in [3.05, 3.63) is 0 Å². The monoisotopic (exact) mass is 324 g/mol. The Morgan fingerprint density at radius 3 is 1.90 bits per heavy atom. The third kappa shape index (κ3) is 6.10. The van der Waals surface area contributed by atoms with Crippen LogP contribution in [0.15, 0.2) is 0 Å². The maximum Gasteiger partial charge on any atom is 0.500 e. The van der Waals surface area contributed by atoms with Crippen molar-refractivity contribution in [2.75, 3.05) is 42.0 Å². The van der Waals surface area contributed by atoms with E-state index in [1.54, 1.807) is 14.1 Å². The molecule has 0 aliphatic rings. The fourth-order valence-electron chi connectivity index (χ4n) is 2.21. The molecule has 0 bridgehead atoms. The Hall–Kier alpha value is -1.00. The molecule has 0 saturated heterocycles. The van der Waals surface area contributed by atoms with Crippen molar-refractivity contribution in [1.29, 1.82) is 0 Å². The summed E-state index contributed by atoms with van der Waals surface area (Å²) in [6.07, 6.45) is 0.196. The van der Waals surface area contributed by atoms with E-state index in [0.29, 0.717) is 19.0 Å². The molecule has 0 aromatic heterocycles. The molecule has 0 aliphatic heterocycles. The number of carboxylic acids is 2. The summed E-state index contributed by atoms with van der Waals surface area (Å²) in [6, 6.07) is -0.455. The summed E-state index contributed by atoms with van der Waals surface area (Å²) < 4.78 is 16.0. The molecule has 0 unspecified atom stereocenters. The Morgan fingerprint density at radius 1 is 1.10 bits per heavy atom. The molecule has 0 amide bonds. The molecule has 9 heteroatoms. The van der Waals surface area contributed by atoms with Crippen LogP contribution in [-0.4, -0.2) is 83.5 Å². The van der Waals surface area contributed by atoms with Crippen molar-refractivity contribution in [2.24, 2.45) is 0 Å². The maximum absolute atomic E-state index is 11.3. The highest BCUT2D eigenvalue weighted by Crippen LogP contribution is 2.19. The quantitative estimate of drug-likeness (QED) is 0.415. The normalized spacial score (nSPS) is 14.0. The van der Waals surface area contributed by atoms with Crippen LogP contribution in [0.2, 0.25) is 6.04 Å². The van der Waals surface area contributed by atoms with Crippen molar-refractivity contribution in [2.45, 2.75) is 24.9 Å². The van der Waals surface area contributed by atoms with Gasteiger partial charge in [-0.3, -0.25) is 4.79 Å². The summed E-state index contributed by atoms with van der Waals surface area (Å²) in [7, 11) is 5.28. The van der Waals surface area contributed by atoms with E-state index < -0.39 is 33.2 Å². The number of rotatable bonds is 11. The van der Waals surface area contributed by atoms with Gasteiger partial charge in [0.1, 0.15) is 6.42 Å². The van der Waals surface area contributed by atoms with Gasteiger partial charge in [-0.05, 0) is 0 Å². The smallest absolute Gasteiger partial charge is 0.481 e. The zero-order valence-electron chi connectivity index (χ0n) is 13.3. The second-order valence-electron chi connectivity index (χ2n) is 5.35. The lowest BCUT2D eigenvalue weighted by molar-refractivity contribution is -0.906. The first-order valence-electron chi connectivity index (χ1n) is 6.57. The van der Waals surface area contributed by atoms with Gasteiger partial charge in [0.25, 0.3) is 0 Å². The average Bonchev–Trinajstić information content (AvgIpc) is 2.41. The van der Waals surface area contributed by atoms with Crippen LogP contribution in [0, 0.1) is 0 Å². The van der Waals surface area contributed by atoms with Crippen LogP contribution in [0.3, 0.4) is 0 Å². The van der Waals surface area contributed by atoms with Crippen LogP contribution < -0.4 is 0 Å². The Labute approximate surface area is 126 Å². The predicted octanol–water partition coefficient (Wildman–Crippen LogP) is 0.259. The van der Waals surface area contributed by atoms with Crippen LogP contribution in [0.5, 0.6) is 0 Å². The van der Waals surface area contributed by atoms with Gasteiger partial charge in [-0.25, -0.2) is 4.79 Å². The summed E-state index contributed by atoms with van der Waals surface area (Å²) in [5.74, 6) is -2.24. The summed E-state index contributed by atoms with van der Waals surface area (Å²) in [4.78, 5) is 22.1. The lowest BCUT2D eigenvalue weighted by Gasteiger charge is -2.35. The topological polar surface area (TPSA) is 102 Å². The Bertz CT molecular complexity index is 349. The molecular weight excluding hydrogens is 298 g/mol. The summed E-state index contributed by atoms with van der Waals surface area (Å²) in [6.45, 7) is 0.481. The number of likely N-dealkylation sites (N-methyl/N-ethyl adjacent to an activating group) is 1. The number of carboxylic acid groups (broad SMARTS) is 2.